The van der Waals surface area contributed by atoms with Crippen LogP contribution in [0.25, 0.3) is 0 Å². The van der Waals surface area contributed by atoms with Gasteiger partial charge in [-0.05, 0) is 43.9 Å². The summed E-state index contributed by atoms with van der Waals surface area (Å²) in [4.78, 5) is 16.6. The molecule has 20 heavy (non-hydrogen) atoms. The molecule has 1 aromatic heterocycles. The molecule has 0 aromatic carbocycles. The molecule has 0 aliphatic carbocycles. The molecule has 0 radical (unpaired) electrons. The lowest BCUT2D eigenvalue weighted by Crippen LogP contribution is -2.30. The SMILES string of the molecule is CSCCCCCCN1C(=O)CNC1c1ccc(C)s1. The molecule has 1 N–H and O–H groups in total. The lowest BCUT2D eigenvalue weighted by molar-refractivity contribution is -0.128. The van der Waals surface area contributed by atoms with Crippen molar-refractivity contribution < 1.29 is 4.79 Å². The van der Waals surface area contributed by atoms with Crippen molar-refractivity contribution in [3.8, 4) is 0 Å². The van der Waals surface area contributed by atoms with Crippen LogP contribution >= 0.6 is 23.1 Å². The average molecular weight is 313 g/mol. The van der Waals surface area contributed by atoms with Crippen LogP contribution < -0.4 is 5.32 Å². The van der Waals surface area contributed by atoms with Gasteiger partial charge >= 0.3 is 0 Å². The monoisotopic (exact) mass is 312 g/mol. The summed E-state index contributed by atoms with van der Waals surface area (Å²) in [5.74, 6) is 1.49. The van der Waals surface area contributed by atoms with Gasteiger partial charge in [-0.1, -0.05) is 12.8 Å². The van der Waals surface area contributed by atoms with E-state index >= 15 is 0 Å². The molecule has 112 valence electrons. The zero-order valence-corrected chi connectivity index (χ0v) is 14.0. The van der Waals surface area contributed by atoms with E-state index in [4.69, 9.17) is 0 Å². The third kappa shape index (κ3) is 4.24. The predicted molar refractivity (Wildman–Crippen MR) is 88.4 cm³/mol. The molecule has 0 saturated carbocycles. The first-order valence-corrected chi connectivity index (χ1v) is 9.51. The second-order valence-corrected chi connectivity index (χ2v) is 7.53. The number of thioether (sulfide) groups is 1. The van der Waals surface area contributed by atoms with Crippen molar-refractivity contribution in [1.82, 2.24) is 10.2 Å². The molecule has 3 nitrogen and oxygen atoms in total. The summed E-state index contributed by atoms with van der Waals surface area (Å²) in [5, 5.41) is 3.33. The van der Waals surface area contributed by atoms with Crippen LogP contribution in [0.2, 0.25) is 0 Å². The first kappa shape index (κ1) is 15.9. The van der Waals surface area contributed by atoms with Gasteiger partial charge in [0, 0.05) is 16.3 Å². The summed E-state index contributed by atoms with van der Waals surface area (Å²) < 4.78 is 0. The zero-order chi connectivity index (χ0) is 14.4. The van der Waals surface area contributed by atoms with Gasteiger partial charge in [0.1, 0.15) is 6.17 Å². The van der Waals surface area contributed by atoms with E-state index in [0.29, 0.717) is 6.54 Å². The minimum Gasteiger partial charge on any atom is -0.321 e. The van der Waals surface area contributed by atoms with E-state index in [1.807, 2.05) is 16.7 Å². The van der Waals surface area contributed by atoms with Crippen molar-refractivity contribution in [2.24, 2.45) is 0 Å². The lowest BCUT2D eigenvalue weighted by Gasteiger charge is -2.23. The molecule has 0 spiro atoms. The minimum atomic E-state index is 0.104. The van der Waals surface area contributed by atoms with Crippen LogP contribution in [0.3, 0.4) is 0 Å². The highest BCUT2D eigenvalue weighted by molar-refractivity contribution is 7.98. The normalized spacial score (nSPS) is 19.0. The van der Waals surface area contributed by atoms with Crippen LogP contribution in [0.4, 0.5) is 0 Å². The highest BCUT2D eigenvalue weighted by Gasteiger charge is 2.31. The summed E-state index contributed by atoms with van der Waals surface area (Å²) in [5.41, 5.74) is 0. The van der Waals surface area contributed by atoms with Crippen molar-refractivity contribution in [2.75, 3.05) is 25.1 Å². The molecule has 1 aliphatic rings. The van der Waals surface area contributed by atoms with Crippen LogP contribution in [0, 0.1) is 6.92 Å². The molecule has 1 fully saturated rings. The van der Waals surface area contributed by atoms with Crippen molar-refractivity contribution >= 4 is 29.0 Å². The van der Waals surface area contributed by atoms with Crippen LogP contribution in [0.15, 0.2) is 12.1 Å². The lowest BCUT2D eigenvalue weighted by atomic mass is 10.2. The van der Waals surface area contributed by atoms with Crippen LogP contribution in [0.1, 0.15) is 41.6 Å². The Morgan fingerprint density at radius 2 is 2.15 bits per heavy atom. The van der Waals surface area contributed by atoms with E-state index in [2.05, 4.69) is 30.6 Å². The number of hydrogen-bond acceptors (Lipinski definition) is 4. The smallest absolute Gasteiger partial charge is 0.238 e. The molecule has 1 aliphatic heterocycles. The largest absolute Gasteiger partial charge is 0.321 e. The third-order valence-corrected chi connectivity index (χ3v) is 5.36. The Hall–Kier alpha value is -0.520. The van der Waals surface area contributed by atoms with Crippen molar-refractivity contribution in [3.05, 3.63) is 21.9 Å². The summed E-state index contributed by atoms with van der Waals surface area (Å²) in [6.45, 7) is 3.47. The summed E-state index contributed by atoms with van der Waals surface area (Å²) in [6, 6.07) is 4.27. The predicted octanol–water partition coefficient (Wildman–Crippen LogP) is 3.41. The highest BCUT2D eigenvalue weighted by Crippen LogP contribution is 2.28. The number of aryl methyl sites for hydroxylation is 1. The maximum Gasteiger partial charge on any atom is 0.238 e. The molecule has 1 saturated heterocycles. The highest BCUT2D eigenvalue weighted by atomic mass is 32.2. The van der Waals surface area contributed by atoms with E-state index in [-0.39, 0.29) is 12.1 Å². The number of rotatable bonds is 8. The van der Waals surface area contributed by atoms with Gasteiger partial charge in [0.15, 0.2) is 0 Å². The number of unbranched alkanes of at least 4 members (excludes halogenated alkanes) is 3. The Labute approximate surface area is 130 Å². The Bertz CT molecular complexity index is 433. The fourth-order valence-electron chi connectivity index (χ4n) is 2.53. The molecule has 1 unspecified atom stereocenters. The van der Waals surface area contributed by atoms with Crippen molar-refractivity contribution in [3.63, 3.8) is 0 Å². The molecular formula is C15H24N2OS2. The fraction of sp³-hybridized carbons (Fsp3) is 0.667. The summed E-state index contributed by atoms with van der Waals surface area (Å²) in [7, 11) is 0. The number of amides is 1. The topological polar surface area (TPSA) is 32.3 Å². The number of nitrogens with zero attached hydrogens (tertiary/aromatic N) is 1. The average Bonchev–Trinajstić information content (AvgIpc) is 3.01. The second kappa shape index (κ2) is 8.05. The van der Waals surface area contributed by atoms with E-state index in [1.54, 1.807) is 11.3 Å². The van der Waals surface area contributed by atoms with Crippen LogP contribution in [-0.4, -0.2) is 35.9 Å². The Morgan fingerprint density at radius 3 is 2.85 bits per heavy atom. The van der Waals surface area contributed by atoms with Crippen molar-refractivity contribution in [2.45, 2.75) is 38.8 Å². The molecule has 1 aromatic rings. The first-order chi connectivity index (χ1) is 9.72. The Morgan fingerprint density at radius 1 is 1.35 bits per heavy atom. The number of nitrogens with one attached hydrogen (secondary N) is 1. The van der Waals surface area contributed by atoms with Gasteiger partial charge in [-0.25, -0.2) is 0 Å². The molecule has 1 amide bonds. The Kier molecular flexibility index (Phi) is 6.39. The molecule has 1 atom stereocenters. The number of carbonyl (C=O) groups excluding carboxylic acids is 1. The van der Waals surface area contributed by atoms with Gasteiger partial charge in [-0.15, -0.1) is 11.3 Å². The van der Waals surface area contributed by atoms with Gasteiger partial charge < -0.3 is 4.90 Å². The molecular weight excluding hydrogens is 288 g/mol. The second-order valence-electron chi connectivity index (χ2n) is 5.23. The van der Waals surface area contributed by atoms with E-state index in [0.717, 1.165) is 13.0 Å². The molecule has 0 bridgehead atoms. The first-order valence-electron chi connectivity index (χ1n) is 7.30. The number of carbonyl (C=O) groups is 1. The Balaban J connectivity index is 1.80. The molecule has 5 heteroatoms. The third-order valence-electron chi connectivity index (χ3n) is 3.61. The van der Waals surface area contributed by atoms with Crippen molar-refractivity contribution in [1.29, 1.82) is 0 Å². The molecule has 2 heterocycles. The maximum absolute atomic E-state index is 12.0. The summed E-state index contributed by atoms with van der Waals surface area (Å²) in [6.07, 6.45) is 7.16. The summed E-state index contributed by atoms with van der Waals surface area (Å²) >= 11 is 3.69. The minimum absolute atomic E-state index is 0.104. The van der Waals surface area contributed by atoms with E-state index in [9.17, 15) is 4.79 Å². The van der Waals surface area contributed by atoms with Gasteiger partial charge in [0.25, 0.3) is 0 Å². The van der Waals surface area contributed by atoms with Gasteiger partial charge in [0.2, 0.25) is 5.91 Å². The number of thiophene rings is 1. The zero-order valence-electron chi connectivity index (χ0n) is 12.4. The van der Waals surface area contributed by atoms with Gasteiger partial charge in [-0.3, -0.25) is 10.1 Å². The van der Waals surface area contributed by atoms with Crippen LogP contribution in [0.5, 0.6) is 0 Å². The van der Waals surface area contributed by atoms with Crippen LogP contribution in [-0.2, 0) is 4.79 Å². The van der Waals surface area contributed by atoms with E-state index in [1.165, 1.54) is 34.8 Å². The fourth-order valence-corrected chi connectivity index (χ4v) is 3.99. The van der Waals surface area contributed by atoms with Gasteiger partial charge in [0.05, 0.1) is 6.54 Å². The van der Waals surface area contributed by atoms with E-state index < -0.39 is 0 Å². The number of hydrogen-bond donors (Lipinski definition) is 1. The quantitative estimate of drug-likeness (QED) is 0.747. The van der Waals surface area contributed by atoms with Gasteiger partial charge in [-0.2, -0.15) is 11.8 Å². The maximum atomic E-state index is 12.0. The standard InChI is InChI=1S/C15H24N2OS2/c1-12-7-8-13(20-12)15-16-11-14(18)17(15)9-5-3-4-6-10-19-2/h7-8,15-16H,3-6,9-11H2,1-2H3. The molecule has 2 rings (SSSR count).